The summed E-state index contributed by atoms with van der Waals surface area (Å²) in [6.07, 6.45) is 0.0661. The average Bonchev–Trinajstić information content (AvgIpc) is 2.92. The van der Waals surface area contributed by atoms with Crippen LogP contribution in [-0.2, 0) is 5.41 Å². The number of ether oxygens (including phenoxy) is 1. The predicted molar refractivity (Wildman–Crippen MR) is 100 cm³/mol. The van der Waals surface area contributed by atoms with Crippen molar-refractivity contribution < 1.29 is 9.53 Å². The molecule has 0 atom stereocenters. The van der Waals surface area contributed by atoms with Gasteiger partial charge >= 0.3 is 0 Å². The molecule has 4 nitrogen and oxygen atoms in total. The van der Waals surface area contributed by atoms with E-state index in [2.05, 4.69) is 18.8 Å². The lowest BCUT2D eigenvalue weighted by Crippen LogP contribution is -2.30. The predicted octanol–water partition coefficient (Wildman–Crippen LogP) is 4.41. The number of aromatic amines is 1. The lowest BCUT2D eigenvalue weighted by molar-refractivity contribution is 0.103. The fourth-order valence-corrected chi connectivity index (χ4v) is 3.79. The van der Waals surface area contributed by atoms with E-state index in [1.54, 1.807) is 0 Å². The maximum absolute atomic E-state index is 13.3. The van der Waals surface area contributed by atoms with Crippen molar-refractivity contribution >= 4 is 22.4 Å². The van der Waals surface area contributed by atoms with Crippen molar-refractivity contribution in [2.45, 2.75) is 39.2 Å². The third-order valence-electron chi connectivity index (χ3n) is 4.96. The Morgan fingerprint density at radius 2 is 1.88 bits per heavy atom. The second-order valence-corrected chi connectivity index (χ2v) is 7.51. The molecule has 4 rings (SSSR count). The summed E-state index contributed by atoms with van der Waals surface area (Å²) in [6.45, 7) is 8.23. The highest BCUT2D eigenvalue weighted by Gasteiger charge is 2.39. The van der Waals surface area contributed by atoms with Gasteiger partial charge in [0.15, 0.2) is 5.78 Å². The molecule has 1 aliphatic rings. The van der Waals surface area contributed by atoms with Crippen molar-refractivity contribution in [2.75, 3.05) is 5.73 Å². The third-order valence-corrected chi connectivity index (χ3v) is 4.96. The van der Waals surface area contributed by atoms with Crippen LogP contribution in [0.2, 0.25) is 0 Å². The number of benzene rings is 2. The first-order valence-electron chi connectivity index (χ1n) is 8.56. The van der Waals surface area contributed by atoms with Crippen molar-refractivity contribution in [3.8, 4) is 5.75 Å². The van der Waals surface area contributed by atoms with Crippen molar-refractivity contribution in [3.63, 3.8) is 0 Å². The Bertz CT molecular complexity index is 1010. The Balaban J connectivity index is 1.97. The van der Waals surface area contributed by atoms with E-state index in [0.717, 1.165) is 33.5 Å². The van der Waals surface area contributed by atoms with E-state index >= 15 is 0 Å². The molecule has 0 aliphatic heterocycles. The molecule has 0 fully saturated rings. The first kappa shape index (κ1) is 15.8. The van der Waals surface area contributed by atoms with Gasteiger partial charge in [-0.1, -0.05) is 26.0 Å². The number of aromatic nitrogens is 1. The molecule has 4 heteroatoms. The quantitative estimate of drug-likeness (QED) is 0.682. The van der Waals surface area contributed by atoms with Crippen molar-refractivity contribution in [2.24, 2.45) is 0 Å². The van der Waals surface area contributed by atoms with Gasteiger partial charge in [-0.2, -0.15) is 0 Å². The number of ketones is 1. The van der Waals surface area contributed by atoms with E-state index < -0.39 is 0 Å². The normalized spacial score (nSPS) is 15.3. The topological polar surface area (TPSA) is 68.1 Å². The number of rotatable bonds is 2. The number of hydrogen-bond acceptors (Lipinski definition) is 3. The van der Waals surface area contributed by atoms with Crippen molar-refractivity contribution in [1.29, 1.82) is 0 Å². The van der Waals surface area contributed by atoms with Gasteiger partial charge in [0, 0.05) is 33.3 Å². The number of nitrogen functional groups attached to an aromatic ring is 1. The van der Waals surface area contributed by atoms with Crippen molar-refractivity contribution in [3.05, 3.63) is 58.8 Å². The number of anilines is 1. The standard InChI is InChI=1S/C21H22N2O2/c1-11(2)25-13-6-8-16-15(10-13)19(24)18-14-7-5-12(22)9-17(14)23-20(18)21(16,3)4/h5-11,23H,22H2,1-4H3. The molecule has 0 amide bonds. The van der Waals surface area contributed by atoms with Crippen LogP contribution in [0.25, 0.3) is 10.9 Å². The monoisotopic (exact) mass is 334 g/mol. The average molecular weight is 334 g/mol. The van der Waals surface area contributed by atoms with E-state index in [1.807, 2.05) is 50.2 Å². The lowest BCUT2D eigenvalue weighted by atomic mass is 9.71. The van der Waals surface area contributed by atoms with Crippen LogP contribution >= 0.6 is 0 Å². The van der Waals surface area contributed by atoms with Gasteiger partial charge in [0.25, 0.3) is 0 Å². The highest BCUT2D eigenvalue weighted by Crippen LogP contribution is 2.44. The van der Waals surface area contributed by atoms with E-state index in [4.69, 9.17) is 10.5 Å². The second kappa shape index (κ2) is 5.12. The van der Waals surface area contributed by atoms with E-state index in [1.165, 1.54) is 0 Å². The number of nitrogens with one attached hydrogen (secondary N) is 1. The lowest BCUT2D eigenvalue weighted by Gasteiger charge is -2.32. The highest BCUT2D eigenvalue weighted by atomic mass is 16.5. The largest absolute Gasteiger partial charge is 0.491 e. The summed E-state index contributed by atoms with van der Waals surface area (Å²) in [4.78, 5) is 16.7. The van der Waals surface area contributed by atoms with Gasteiger partial charge in [0.2, 0.25) is 0 Å². The van der Waals surface area contributed by atoms with Crippen LogP contribution in [-0.4, -0.2) is 16.9 Å². The van der Waals surface area contributed by atoms with Crippen LogP contribution in [0.1, 0.15) is 54.9 Å². The number of fused-ring (bicyclic) bond motifs is 4. The van der Waals surface area contributed by atoms with Gasteiger partial charge in [-0.3, -0.25) is 4.79 Å². The van der Waals surface area contributed by atoms with Crippen molar-refractivity contribution in [1.82, 2.24) is 4.98 Å². The molecule has 3 N–H and O–H groups in total. The molecular weight excluding hydrogens is 312 g/mol. The first-order chi connectivity index (χ1) is 11.8. The molecule has 25 heavy (non-hydrogen) atoms. The summed E-state index contributed by atoms with van der Waals surface area (Å²) in [5.74, 6) is 0.764. The zero-order valence-corrected chi connectivity index (χ0v) is 14.9. The molecule has 3 aromatic rings. The summed E-state index contributed by atoms with van der Waals surface area (Å²) in [7, 11) is 0. The van der Waals surface area contributed by atoms with Gasteiger partial charge in [-0.15, -0.1) is 0 Å². The van der Waals surface area contributed by atoms with Crippen LogP contribution in [0.4, 0.5) is 5.69 Å². The molecule has 0 saturated carbocycles. The molecule has 128 valence electrons. The van der Waals surface area contributed by atoms with Gasteiger partial charge in [0.1, 0.15) is 5.75 Å². The van der Waals surface area contributed by atoms with Crippen LogP contribution in [0.3, 0.4) is 0 Å². The molecule has 0 saturated heterocycles. The molecule has 0 radical (unpaired) electrons. The Morgan fingerprint density at radius 1 is 1.12 bits per heavy atom. The van der Waals surface area contributed by atoms with Gasteiger partial charge in [0.05, 0.1) is 11.7 Å². The minimum Gasteiger partial charge on any atom is -0.491 e. The zero-order chi connectivity index (χ0) is 17.9. The number of nitrogens with two attached hydrogens (primary N) is 1. The Hall–Kier alpha value is -2.75. The molecule has 1 heterocycles. The maximum Gasteiger partial charge on any atom is 0.195 e. The smallest absolute Gasteiger partial charge is 0.195 e. The minimum absolute atomic E-state index is 0.0366. The number of carbonyl (C=O) groups excluding carboxylic acids is 1. The summed E-state index contributed by atoms with van der Waals surface area (Å²) in [5, 5.41) is 0.920. The van der Waals surface area contributed by atoms with E-state index in [9.17, 15) is 4.79 Å². The molecule has 1 aliphatic carbocycles. The fraction of sp³-hybridized carbons (Fsp3) is 0.286. The Morgan fingerprint density at radius 3 is 2.60 bits per heavy atom. The van der Waals surface area contributed by atoms with E-state index in [-0.39, 0.29) is 17.3 Å². The first-order valence-corrected chi connectivity index (χ1v) is 8.56. The molecule has 0 spiro atoms. The van der Waals surface area contributed by atoms with Gasteiger partial charge in [-0.25, -0.2) is 0 Å². The molecule has 1 aromatic heterocycles. The fourth-order valence-electron chi connectivity index (χ4n) is 3.79. The van der Waals surface area contributed by atoms with Crippen LogP contribution in [0, 0.1) is 0 Å². The molecule has 0 unspecified atom stereocenters. The van der Waals surface area contributed by atoms with Crippen LogP contribution in [0.15, 0.2) is 36.4 Å². The summed E-state index contributed by atoms with van der Waals surface area (Å²) in [6, 6.07) is 11.5. The zero-order valence-electron chi connectivity index (χ0n) is 14.9. The second-order valence-electron chi connectivity index (χ2n) is 7.51. The Labute approximate surface area is 147 Å². The number of hydrogen-bond donors (Lipinski definition) is 2. The van der Waals surface area contributed by atoms with Crippen LogP contribution < -0.4 is 10.5 Å². The summed E-state index contributed by atoms with van der Waals surface area (Å²) >= 11 is 0. The molecule has 0 bridgehead atoms. The van der Waals surface area contributed by atoms with Gasteiger partial charge in [-0.05, 0) is 43.7 Å². The number of H-pyrrole nitrogens is 1. The highest BCUT2D eigenvalue weighted by molar-refractivity contribution is 6.20. The van der Waals surface area contributed by atoms with Crippen LogP contribution in [0.5, 0.6) is 5.75 Å². The third kappa shape index (κ3) is 2.24. The Kier molecular flexibility index (Phi) is 3.23. The molecular formula is C21H22N2O2. The van der Waals surface area contributed by atoms with Gasteiger partial charge < -0.3 is 15.5 Å². The number of carbonyl (C=O) groups is 1. The van der Waals surface area contributed by atoms with E-state index in [0.29, 0.717) is 11.3 Å². The SMILES string of the molecule is CC(C)Oc1ccc2c(c1)C(=O)c1c([nH]c3cc(N)ccc13)C2(C)C. The maximum atomic E-state index is 13.3. The minimum atomic E-state index is -0.303. The summed E-state index contributed by atoms with van der Waals surface area (Å²) in [5.41, 5.74) is 10.6. The summed E-state index contributed by atoms with van der Waals surface area (Å²) < 4.78 is 5.79. The molecule has 2 aromatic carbocycles.